The first-order chi connectivity index (χ1) is 43.8. The predicted octanol–water partition coefficient (Wildman–Crippen LogP) is -3.65. The van der Waals surface area contributed by atoms with Crippen molar-refractivity contribution in [2.24, 2.45) is 23.5 Å². The van der Waals surface area contributed by atoms with Crippen LogP contribution < -0.4 is 26.4 Å². The summed E-state index contributed by atoms with van der Waals surface area (Å²) in [7, 11) is 1.26. The number of rotatable bonds is 28. The molecule has 18 atom stereocenters. The Morgan fingerprint density at radius 2 is 1.46 bits per heavy atom. The van der Waals surface area contributed by atoms with Crippen LogP contribution in [0.5, 0.6) is 17.2 Å². The normalized spacial score (nSPS) is 26.5. The van der Waals surface area contributed by atoms with E-state index in [0.29, 0.717) is 5.56 Å². The number of phenols is 2. The van der Waals surface area contributed by atoms with Gasteiger partial charge in [-0.3, -0.25) is 38.4 Å². The number of phenolic OH excluding ortho intramolecular Hbond substituents is 2. The lowest BCUT2D eigenvalue weighted by Gasteiger charge is -2.42. The summed E-state index contributed by atoms with van der Waals surface area (Å²) >= 11 is 0. The Balaban J connectivity index is 0.936. The number of carbonyl (C=O) groups is 9. The molecular formula is C61H78N4O28. The maximum atomic E-state index is 14.1. The molecule has 0 aromatic heterocycles. The third kappa shape index (κ3) is 16.0. The van der Waals surface area contributed by atoms with Crippen LogP contribution in [-0.2, 0) is 65.5 Å². The number of ether oxygens (including phenoxy) is 6. The van der Waals surface area contributed by atoms with E-state index in [9.17, 15) is 110 Å². The van der Waals surface area contributed by atoms with E-state index in [1.54, 1.807) is 0 Å². The fourth-order valence-electron chi connectivity index (χ4n) is 11.6. The van der Waals surface area contributed by atoms with E-state index in [2.05, 4.69) is 16.0 Å². The Bertz CT molecular complexity index is 3290. The van der Waals surface area contributed by atoms with Gasteiger partial charge in [0.2, 0.25) is 23.5 Å². The van der Waals surface area contributed by atoms with Crippen molar-refractivity contribution in [2.45, 2.75) is 170 Å². The number of aromatic hydroxyl groups is 2. The number of benzene rings is 3. The van der Waals surface area contributed by atoms with Gasteiger partial charge in [-0.15, -0.1) is 0 Å². The molecule has 4 aliphatic rings. The van der Waals surface area contributed by atoms with Gasteiger partial charge in [-0.1, -0.05) is 38.1 Å². The van der Waals surface area contributed by atoms with E-state index in [0.717, 1.165) is 0 Å². The number of nitrogens with one attached hydrogen (secondary N) is 3. The van der Waals surface area contributed by atoms with Crippen molar-refractivity contribution in [1.82, 2.24) is 10.6 Å². The number of aliphatic hydroxyl groups excluding tert-OH is 10. The van der Waals surface area contributed by atoms with E-state index in [1.807, 2.05) is 0 Å². The molecule has 5 unspecified atom stereocenters. The zero-order valence-corrected chi connectivity index (χ0v) is 51.0. The largest absolute Gasteiger partial charge is 0.507 e. The Labute approximate surface area is 530 Å². The minimum absolute atomic E-state index is 0.00470. The first kappa shape index (κ1) is 72.9. The summed E-state index contributed by atoms with van der Waals surface area (Å²) in [6, 6.07) is 7.33. The van der Waals surface area contributed by atoms with Gasteiger partial charge in [0, 0.05) is 66.8 Å². The Morgan fingerprint density at radius 1 is 0.796 bits per heavy atom. The number of amides is 4. The highest BCUT2D eigenvalue weighted by atomic mass is 16.7. The molecule has 32 nitrogen and oxygen atoms in total. The highest BCUT2D eigenvalue weighted by Gasteiger charge is 2.52. The molecular weight excluding hydrogens is 1240 g/mol. The number of hydrogen-bond donors (Lipinski definition) is 17. The number of hydrogen-bond acceptors (Lipinski definition) is 28. The minimum atomic E-state index is -2.46. The molecule has 93 heavy (non-hydrogen) atoms. The van der Waals surface area contributed by atoms with E-state index >= 15 is 0 Å². The molecule has 18 N–H and O–H groups in total. The highest BCUT2D eigenvalue weighted by Crippen LogP contribution is 2.53. The van der Waals surface area contributed by atoms with Crippen LogP contribution in [0.25, 0.3) is 0 Å². The molecule has 32 heteroatoms. The second-order valence-electron chi connectivity index (χ2n) is 23.8. The van der Waals surface area contributed by atoms with Gasteiger partial charge in [0.1, 0.15) is 91.0 Å². The minimum Gasteiger partial charge on any atom is -0.507 e. The van der Waals surface area contributed by atoms with Crippen molar-refractivity contribution in [3.8, 4) is 17.2 Å². The second-order valence-corrected chi connectivity index (χ2v) is 23.8. The van der Waals surface area contributed by atoms with Gasteiger partial charge in [0.25, 0.3) is 0 Å². The topological polar surface area (TPSA) is 534 Å². The van der Waals surface area contributed by atoms with E-state index in [4.69, 9.17) is 34.2 Å². The maximum absolute atomic E-state index is 14.1. The third-order valence-corrected chi connectivity index (χ3v) is 17.0. The SMILES string of the molecule is COc1cccc2c1C(=O)c1c(O)c3c(c(O)c1C2=O)C[C@](O)(C(=O)CO)CC3OC1C[C@H](NC(=O)OCc2ccc(NC(=O)C(CC(N)=O)CC(=O)C(C)NC(=O)C(CC(=O)[C@H](O)[C@H](O)[C@@H](O[C@@H]3O[C@H](CO)[C@H](O)[C@H](O)[C@H]3O)[C@H](O)CO)C(C)C)cc2)[C@H](O)[C@H](C)O1. The number of Topliss-reactive ketones (excluding diaryl/α,β-unsaturated/α-hetero) is 3. The molecule has 0 spiro atoms. The number of carbonyl (C=O) groups excluding carboxylic acids is 9. The van der Waals surface area contributed by atoms with Crippen LogP contribution in [0.15, 0.2) is 42.5 Å². The Hall–Kier alpha value is -7.51. The van der Waals surface area contributed by atoms with Crippen LogP contribution in [0.1, 0.15) is 114 Å². The monoisotopic (exact) mass is 1310 g/mol. The van der Waals surface area contributed by atoms with Crippen LogP contribution in [0.4, 0.5) is 10.5 Å². The van der Waals surface area contributed by atoms with Crippen molar-refractivity contribution in [1.29, 1.82) is 0 Å². The predicted molar refractivity (Wildman–Crippen MR) is 312 cm³/mol. The molecule has 3 aromatic carbocycles. The highest BCUT2D eigenvalue weighted by molar-refractivity contribution is 6.31. The first-order valence-corrected chi connectivity index (χ1v) is 29.6. The van der Waals surface area contributed by atoms with E-state index < -0.39 is 242 Å². The van der Waals surface area contributed by atoms with Gasteiger partial charge in [0.05, 0.1) is 67.2 Å². The average molecular weight is 1320 g/mol. The van der Waals surface area contributed by atoms with Crippen LogP contribution in [0.2, 0.25) is 0 Å². The fraction of sp³-hybridized carbons (Fsp3) is 0.557. The van der Waals surface area contributed by atoms with Crippen molar-refractivity contribution >= 4 is 58.4 Å². The summed E-state index contributed by atoms with van der Waals surface area (Å²) < 4.78 is 33.5. The number of nitrogens with two attached hydrogens (primary N) is 1. The van der Waals surface area contributed by atoms with E-state index in [-0.39, 0.29) is 46.7 Å². The summed E-state index contributed by atoms with van der Waals surface area (Å²) in [5, 5.41) is 146. The summed E-state index contributed by atoms with van der Waals surface area (Å²) in [5.74, 6) is -12.5. The summed E-state index contributed by atoms with van der Waals surface area (Å²) in [6.45, 7) is 2.17. The maximum Gasteiger partial charge on any atom is 0.407 e. The van der Waals surface area contributed by atoms with Gasteiger partial charge < -0.3 is 116 Å². The molecule has 2 aliphatic carbocycles. The van der Waals surface area contributed by atoms with Gasteiger partial charge in [-0.2, -0.15) is 0 Å². The zero-order valence-electron chi connectivity index (χ0n) is 51.0. The molecule has 510 valence electrons. The van der Waals surface area contributed by atoms with Crippen LogP contribution >= 0.6 is 0 Å². The van der Waals surface area contributed by atoms with Gasteiger partial charge >= 0.3 is 6.09 Å². The second kappa shape index (κ2) is 30.7. The smallest absolute Gasteiger partial charge is 0.407 e. The third-order valence-electron chi connectivity index (χ3n) is 17.0. The van der Waals surface area contributed by atoms with Gasteiger partial charge in [-0.05, 0) is 43.5 Å². The number of ketones is 5. The number of anilines is 1. The van der Waals surface area contributed by atoms with Crippen molar-refractivity contribution in [3.05, 3.63) is 81.4 Å². The molecule has 0 saturated carbocycles. The van der Waals surface area contributed by atoms with Crippen molar-refractivity contribution in [2.75, 3.05) is 32.2 Å². The number of aliphatic hydroxyl groups is 11. The number of primary amides is 1. The summed E-state index contributed by atoms with van der Waals surface area (Å²) in [6.07, 6.45) is -28.6. The first-order valence-electron chi connectivity index (χ1n) is 29.6. The molecule has 3 aromatic rings. The van der Waals surface area contributed by atoms with Crippen LogP contribution in [0.3, 0.4) is 0 Å². The molecule has 7 rings (SSSR count). The summed E-state index contributed by atoms with van der Waals surface area (Å²) in [5.41, 5.74) is 1.30. The molecule has 2 saturated heterocycles. The molecule has 2 aliphatic heterocycles. The van der Waals surface area contributed by atoms with Gasteiger partial charge in [0.15, 0.2) is 35.7 Å². The molecule has 2 heterocycles. The molecule has 0 bridgehead atoms. The number of methoxy groups -OCH3 is 1. The zero-order chi connectivity index (χ0) is 68.8. The Morgan fingerprint density at radius 3 is 2.08 bits per heavy atom. The average Bonchev–Trinajstić information content (AvgIpc) is 0.712. The van der Waals surface area contributed by atoms with Gasteiger partial charge in [-0.25, -0.2) is 4.79 Å². The lowest BCUT2D eigenvalue weighted by atomic mass is 9.72. The van der Waals surface area contributed by atoms with Crippen LogP contribution in [0, 0.1) is 17.8 Å². The molecule has 0 radical (unpaired) electrons. The van der Waals surface area contributed by atoms with E-state index in [1.165, 1.54) is 77.3 Å². The lowest BCUT2D eigenvalue weighted by molar-refractivity contribution is -0.326. The molecule has 4 amide bonds. The standard InChI is InChI=1S/C61H78N4O28/c1-23(2)30(15-34(70)49(77)54(82)56(35(71)19-66)93-59-55(83)53(81)50(78)38(20-67)92-59)58(85)63-24(3)33(69)13-27(14-40(62)73)57(84)64-28-11-9-26(10-12-28)22-89-60(86)65-32-16-41(90-25(4)46(32)74)91-37-18-61(87,39(72)21-68)17-31-43(37)52(80)45-44(48(31)76)47(75)29-7-6-8-36(88-5)42(29)51(45)79/h6-12,23-25,27,30,32,35,37-38,41,46,49-50,53-56,59,66-68,71,74,76-78,80-83,87H,13-22H2,1-5H3,(H2,62,73)(H,63,85)(H,64,84)(H,65,86)/t24?,25-,27?,30?,32-,35+,37?,38+,41?,46+,49-,50-,53-,54-,55+,56-,59-,61+/m0/s1. The molecule has 2 fully saturated rings. The quantitative estimate of drug-likeness (QED) is 0.0244. The number of alkyl carbamates (subject to hydrolysis) is 1. The fourth-order valence-corrected chi connectivity index (χ4v) is 11.6. The summed E-state index contributed by atoms with van der Waals surface area (Å²) in [4.78, 5) is 121. The Kier molecular flexibility index (Phi) is 24.1. The van der Waals surface area contributed by atoms with Crippen molar-refractivity contribution in [3.63, 3.8) is 0 Å². The van der Waals surface area contributed by atoms with Crippen molar-refractivity contribution < 1.29 is 138 Å². The van der Waals surface area contributed by atoms with Crippen LogP contribution in [-0.4, -0.2) is 237 Å². The number of fused-ring (bicyclic) bond motifs is 3. The lowest BCUT2D eigenvalue weighted by Crippen LogP contribution is -2.61.